The zero-order valence-corrected chi connectivity index (χ0v) is 24.7. The zero-order chi connectivity index (χ0) is 28.2. The van der Waals surface area contributed by atoms with Crippen molar-refractivity contribution in [2.24, 2.45) is 11.8 Å². The van der Waals surface area contributed by atoms with Crippen LogP contribution in [0.5, 0.6) is 0 Å². The fourth-order valence-corrected chi connectivity index (χ4v) is 4.24. The monoisotopic (exact) mass is 521 g/mol. The molecule has 1 atom stereocenters. The lowest BCUT2D eigenvalue weighted by Gasteiger charge is -2.30. The molecule has 37 heavy (non-hydrogen) atoms. The molecule has 9 heteroatoms. The molecule has 9 nitrogen and oxygen atoms in total. The first-order valence-electron chi connectivity index (χ1n) is 14.0. The molecule has 0 aromatic carbocycles. The molecule has 3 amide bonds. The number of unbranched alkanes of at least 4 members (excludes halogenated alkanes) is 2. The van der Waals surface area contributed by atoms with Gasteiger partial charge in [0, 0.05) is 50.2 Å². The van der Waals surface area contributed by atoms with Crippen molar-refractivity contribution < 1.29 is 19.1 Å². The van der Waals surface area contributed by atoms with E-state index in [-0.39, 0.29) is 40.7 Å². The van der Waals surface area contributed by atoms with Crippen LogP contribution in [-0.4, -0.2) is 61.9 Å². The summed E-state index contributed by atoms with van der Waals surface area (Å²) in [5.74, 6) is -0.0774. The molecule has 0 spiro atoms. The van der Waals surface area contributed by atoms with Crippen LogP contribution in [0, 0.1) is 18.8 Å². The molecule has 1 fully saturated rings. The Hall–Kier alpha value is -2.29. The third kappa shape index (κ3) is 11.8. The van der Waals surface area contributed by atoms with Crippen LogP contribution >= 0.6 is 0 Å². The summed E-state index contributed by atoms with van der Waals surface area (Å²) in [6.07, 6.45) is 6.48. The average molecular weight is 522 g/mol. The molecule has 1 aliphatic rings. The lowest BCUT2D eigenvalue weighted by atomic mass is 9.94. The molecule has 212 valence electrons. The summed E-state index contributed by atoms with van der Waals surface area (Å²) >= 11 is 0. The van der Waals surface area contributed by atoms with Gasteiger partial charge in [-0.15, -0.1) is 5.10 Å². The number of nitrogens with one attached hydrogen (secondary N) is 1. The van der Waals surface area contributed by atoms with E-state index in [0.717, 1.165) is 37.9 Å². The highest BCUT2D eigenvalue weighted by molar-refractivity contribution is 6.03. The summed E-state index contributed by atoms with van der Waals surface area (Å²) in [5, 5.41) is 11.2. The minimum atomic E-state index is -0.365. The van der Waals surface area contributed by atoms with Gasteiger partial charge in [0.05, 0.1) is 11.3 Å². The number of ether oxygens (including phenoxy) is 1. The number of likely N-dealkylation sites (tertiary alicyclic amines) is 1. The number of nitrogens with zero attached hydrogens (tertiary/aromatic N) is 4. The van der Waals surface area contributed by atoms with Gasteiger partial charge < -0.3 is 10.1 Å². The van der Waals surface area contributed by atoms with E-state index in [2.05, 4.69) is 29.5 Å². The highest BCUT2D eigenvalue weighted by Crippen LogP contribution is 2.26. The molecule has 1 aromatic heterocycles. The number of amides is 3. The van der Waals surface area contributed by atoms with Crippen LogP contribution in [0.15, 0.2) is 6.20 Å². The third-order valence-electron chi connectivity index (χ3n) is 6.66. The van der Waals surface area contributed by atoms with E-state index in [1.165, 1.54) is 4.90 Å². The molecule has 1 aliphatic heterocycles. The fraction of sp³-hybridized carbons (Fsp3) is 0.821. The summed E-state index contributed by atoms with van der Waals surface area (Å²) in [4.78, 5) is 38.3. The number of imide groups is 1. The summed E-state index contributed by atoms with van der Waals surface area (Å²) in [6, 6.07) is 0. The number of carbonyl (C=O) groups excluding carboxylic acids is 3. The van der Waals surface area contributed by atoms with Crippen molar-refractivity contribution in [2.45, 2.75) is 125 Å². The van der Waals surface area contributed by atoms with Gasteiger partial charge in [0.1, 0.15) is 0 Å². The summed E-state index contributed by atoms with van der Waals surface area (Å²) in [7, 11) is 0. The topological polar surface area (TPSA) is 106 Å². The molecule has 1 aromatic rings. The first kappa shape index (κ1) is 32.7. The Morgan fingerprint density at radius 3 is 2.35 bits per heavy atom. The molecule has 0 radical (unpaired) electrons. The second-order valence-electron chi connectivity index (χ2n) is 11.4. The Balaban J connectivity index is 0.00000334. The van der Waals surface area contributed by atoms with Crippen molar-refractivity contribution in [2.75, 3.05) is 13.2 Å². The van der Waals surface area contributed by atoms with E-state index < -0.39 is 0 Å². The molecule has 1 unspecified atom stereocenters. The lowest BCUT2D eigenvalue weighted by molar-refractivity contribution is -0.139. The number of hydrogen-bond donors (Lipinski definition) is 1. The van der Waals surface area contributed by atoms with Gasteiger partial charge in [0.2, 0.25) is 17.7 Å². The van der Waals surface area contributed by atoms with Crippen LogP contribution in [0.1, 0.15) is 106 Å². The van der Waals surface area contributed by atoms with Gasteiger partial charge in [-0.2, -0.15) is 0 Å². The number of rotatable bonds is 15. The van der Waals surface area contributed by atoms with Gasteiger partial charge >= 0.3 is 0 Å². The molecule has 0 saturated carbocycles. The number of carbonyl (C=O) groups is 3. The van der Waals surface area contributed by atoms with Crippen molar-refractivity contribution in [1.29, 1.82) is 0 Å². The van der Waals surface area contributed by atoms with Gasteiger partial charge in [-0.1, -0.05) is 39.3 Å². The molecule has 0 aliphatic carbocycles. The molecule has 1 saturated heterocycles. The second-order valence-corrected chi connectivity index (χ2v) is 11.4. The minimum absolute atomic E-state index is 0.0176. The smallest absolute Gasteiger partial charge is 0.233 e. The Morgan fingerprint density at radius 1 is 1.11 bits per heavy atom. The largest absolute Gasteiger partial charge is 0.375 e. The van der Waals surface area contributed by atoms with E-state index in [4.69, 9.17) is 4.74 Å². The van der Waals surface area contributed by atoms with Gasteiger partial charge in [-0.3, -0.25) is 24.0 Å². The van der Waals surface area contributed by atoms with Crippen LogP contribution in [0.4, 0.5) is 0 Å². The maximum absolute atomic E-state index is 12.4. The first-order valence-corrected chi connectivity index (χ1v) is 14.0. The molecule has 2 heterocycles. The van der Waals surface area contributed by atoms with Gasteiger partial charge in [-0.25, -0.2) is 0 Å². The third-order valence-corrected chi connectivity index (χ3v) is 6.66. The van der Waals surface area contributed by atoms with E-state index in [1.807, 2.05) is 59.3 Å². The first-order chi connectivity index (χ1) is 17.3. The molecule has 1 N–H and O–H groups in total. The van der Waals surface area contributed by atoms with Crippen molar-refractivity contribution in [3.05, 3.63) is 11.9 Å². The SMILES string of the molecule is CC.Cc1cn(CCC(C)(C)OCCC(C)(C)NC(=O)CCCCCN2C(=O)CC(C(C)C)C2=O)nn1. The van der Waals surface area contributed by atoms with E-state index in [1.54, 1.807) is 0 Å². The van der Waals surface area contributed by atoms with Gasteiger partial charge in [-0.05, 0) is 66.2 Å². The van der Waals surface area contributed by atoms with E-state index in [0.29, 0.717) is 32.4 Å². The Morgan fingerprint density at radius 2 is 1.78 bits per heavy atom. The highest BCUT2D eigenvalue weighted by atomic mass is 16.5. The second kappa shape index (κ2) is 15.2. The van der Waals surface area contributed by atoms with Crippen LogP contribution < -0.4 is 5.32 Å². The summed E-state index contributed by atoms with van der Waals surface area (Å²) < 4.78 is 7.93. The molecule has 2 rings (SSSR count). The van der Waals surface area contributed by atoms with Crippen LogP contribution in [0.25, 0.3) is 0 Å². The van der Waals surface area contributed by atoms with E-state index in [9.17, 15) is 14.4 Å². The van der Waals surface area contributed by atoms with Crippen molar-refractivity contribution in [3.8, 4) is 0 Å². The predicted octanol–water partition coefficient (Wildman–Crippen LogP) is 4.67. The maximum Gasteiger partial charge on any atom is 0.233 e. The Kier molecular flexibility index (Phi) is 13.5. The molecular weight excluding hydrogens is 470 g/mol. The number of aromatic nitrogens is 3. The lowest BCUT2D eigenvalue weighted by Crippen LogP contribution is -2.44. The average Bonchev–Trinajstić information content (AvgIpc) is 3.35. The van der Waals surface area contributed by atoms with Crippen molar-refractivity contribution in [1.82, 2.24) is 25.2 Å². The van der Waals surface area contributed by atoms with Crippen LogP contribution in [0.3, 0.4) is 0 Å². The standard InChI is InChI=1S/C26H45N5O4.C2H6/c1-19(2)21-17-23(33)31(24(21)34)14-10-8-9-11-22(32)27-25(4,5)13-16-35-26(6,7)12-15-30-18-20(3)28-29-30;1-2/h18-19,21H,8-17H2,1-7H3,(H,27,32);1-2H3. The fourth-order valence-electron chi connectivity index (χ4n) is 4.24. The van der Waals surface area contributed by atoms with Crippen molar-refractivity contribution in [3.63, 3.8) is 0 Å². The molecular formula is C28H51N5O4. The quantitative estimate of drug-likeness (QED) is 0.265. The minimum Gasteiger partial charge on any atom is -0.375 e. The van der Waals surface area contributed by atoms with Crippen molar-refractivity contribution >= 4 is 17.7 Å². The summed E-state index contributed by atoms with van der Waals surface area (Å²) in [5.41, 5.74) is 0.238. The highest BCUT2D eigenvalue weighted by Gasteiger charge is 2.39. The van der Waals surface area contributed by atoms with Crippen LogP contribution in [-0.2, 0) is 25.7 Å². The zero-order valence-electron chi connectivity index (χ0n) is 24.7. The normalized spacial score (nSPS) is 16.3. The Labute approximate surface area is 224 Å². The molecule has 0 bridgehead atoms. The Bertz CT molecular complexity index is 863. The predicted molar refractivity (Wildman–Crippen MR) is 146 cm³/mol. The number of hydrogen-bond acceptors (Lipinski definition) is 6. The maximum atomic E-state index is 12.4. The van der Waals surface area contributed by atoms with Crippen LogP contribution in [0.2, 0.25) is 0 Å². The van der Waals surface area contributed by atoms with Gasteiger partial charge in [0.25, 0.3) is 0 Å². The van der Waals surface area contributed by atoms with Gasteiger partial charge in [0.15, 0.2) is 0 Å². The van der Waals surface area contributed by atoms with E-state index >= 15 is 0 Å². The summed E-state index contributed by atoms with van der Waals surface area (Å²) in [6.45, 7) is 19.8. The number of aryl methyl sites for hydroxylation is 2.